The van der Waals surface area contributed by atoms with Gasteiger partial charge in [-0.3, -0.25) is 14.9 Å². The fourth-order valence-electron chi connectivity index (χ4n) is 2.07. The molecule has 27 heavy (non-hydrogen) atoms. The van der Waals surface area contributed by atoms with Crippen molar-refractivity contribution in [2.24, 2.45) is 5.10 Å². The number of aromatic nitrogens is 2. The van der Waals surface area contributed by atoms with Crippen LogP contribution in [0, 0.1) is 10.1 Å². The van der Waals surface area contributed by atoms with Gasteiger partial charge in [-0.1, -0.05) is 22.9 Å². The van der Waals surface area contributed by atoms with Crippen molar-refractivity contribution in [2.75, 3.05) is 5.73 Å². The lowest BCUT2D eigenvalue weighted by atomic mass is 10.1. The fraction of sp³-hybridized carbons (Fsp3) is 0.0667. The second-order valence-electron chi connectivity index (χ2n) is 5.13. The standard InChI is InChI=1S/C15H11ClN6O4S/c16-11-5-8(22(24)25)1-3-10(11)12-4-2-9(26-12)7-18-19-13(23)6-14-20-21-15(17)27-14/h1-5,7H,6H2,(H2,17,21)(H,19,23). The lowest BCUT2D eigenvalue weighted by Crippen LogP contribution is -2.19. The number of carbonyl (C=O) groups is 1. The molecule has 1 aromatic carbocycles. The van der Waals surface area contributed by atoms with Crippen LogP contribution >= 0.6 is 22.9 Å². The number of nitro groups is 1. The Hall–Kier alpha value is -3.31. The van der Waals surface area contributed by atoms with Crippen molar-refractivity contribution in [3.63, 3.8) is 0 Å². The predicted molar refractivity (Wildman–Crippen MR) is 99.6 cm³/mol. The number of furan rings is 1. The minimum atomic E-state index is -0.533. The highest BCUT2D eigenvalue weighted by atomic mass is 35.5. The third-order valence-corrected chi connectivity index (χ3v) is 4.30. The van der Waals surface area contributed by atoms with Crippen LogP contribution in [-0.2, 0) is 11.2 Å². The van der Waals surface area contributed by atoms with Gasteiger partial charge in [-0.2, -0.15) is 5.10 Å². The number of hydrogen-bond acceptors (Lipinski definition) is 9. The van der Waals surface area contributed by atoms with E-state index >= 15 is 0 Å². The molecule has 3 aromatic rings. The number of amides is 1. The van der Waals surface area contributed by atoms with E-state index in [-0.39, 0.29) is 28.2 Å². The number of halogens is 1. The smallest absolute Gasteiger partial charge is 0.270 e. The highest BCUT2D eigenvalue weighted by Gasteiger charge is 2.13. The quantitative estimate of drug-likeness (QED) is 0.363. The normalized spacial score (nSPS) is 11.0. The molecule has 1 amide bonds. The van der Waals surface area contributed by atoms with Crippen molar-refractivity contribution >= 4 is 45.9 Å². The Morgan fingerprint density at radius 2 is 2.22 bits per heavy atom. The number of hydrazone groups is 1. The Kier molecular flexibility index (Phi) is 5.43. The maximum atomic E-state index is 11.7. The van der Waals surface area contributed by atoms with Gasteiger partial charge in [0.05, 0.1) is 22.6 Å². The number of non-ortho nitro benzene ring substituents is 1. The molecule has 138 valence electrons. The van der Waals surface area contributed by atoms with E-state index in [4.69, 9.17) is 21.8 Å². The van der Waals surface area contributed by atoms with E-state index in [0.29, 0.717) is 22.1 Å². The number of anilines is 1. The van der Waals surface area contributed by atoms with Crippen LogP contribution in [0.4, 0.5) is 10.8 Å². The molecule has 3 rings (SSSR count). The number of nitrogens with one attached hydrogen (secondary N) is 1. The topological polar surface area (TPSA) is 150 Å². The second kappa shape index (κ2) is 7.93. The Morgan fingerprint density at radius 3 is 2.89 bits per heavy atom. The average Bonchev–Trinajstić information content (AvgIpc) is 3.24. The van der Waals surface area contributed by atoms with Gasteiger partial charge in [0.25, 0.3) is 5.69 Å². The maximum Gasteiger partial charge on any atom is 0.270 e. The minimum Gasteiger partial charge on any atom is -0.455 e. The number of rotatable bonds is 6. The number of hydrogen-bond donors (Lipinski definition) is 2. The van der Waals surface area contributed by atoms with Gasteiger partial charge >= 0.3 is 0 Å². The van der Waals surface area contributed by atoms with Crippen molar-refractivity contribution in [2.45, 2.75) is 6.42 Å². The highest BCUT2D eigenvalue weighted by molar-refractivity contribution is 7.15. The van der Waals surface area contributed by atoms with Gasteiger partial charge in [0.2, 0.25) is 11.0 Å². The Labute approximate surface area is 160 Å². The first-order valence-electron chi connectivity index (χ1n) is 7.36. The molecule has 0 aliphatic rings. The molecule has 0 fully saturated rings. The molecule has 0 unspecified atom stereocenters. The molecular weight excluding hydrogens is 396 g/mol. The van der Waals surface area contributed by atoms with Gasteiger partial charge in [0.1, 0.15) is 16.5 Å². The lowest BCUT2D eigenvalue weighted by Gasteiger charge is -2.00. The second-order valence-corrected chi connectivity index (χ2v) is 6.63. The van der Waals surface area contributed by atoms with Gasteiger partial charge in [0, 0.05) is 17.7 Å². The van der Waals surface area contributed by atoms with Gasteiger partial charge < -0.3 is 10.2 Å². The summed E-state index contributed by atoms with van der Waals surface area (Å²) in [5.74, 6) is 0.388. The summed E-state index contributed by atoms with van der Waals surface area (Å²) in [5.41, 5.74) is 8.17. The first kappa shape index (κ1) is 18.5. The van der Waals surface area contributed by atoms with Crippen molar-refractivity contribution < 1.29 is 14.1 Å². The summed E-state index contributed by atoms with van der Waals surface area (Å²) in [6.07, 6.45) is 1.32. The molecule has 10 nitrogen and oxygen atoms in total. The number of nitrogens with two attached hydrogens (primary N) is 1. The Morgan fingerprint density at radius 1 is 1.41 bits per heavy atom. The molecule has 12 heteroatoms. The molecule has 2 aromatic heterocycles. The summed E-state index contributed by atoms with van der Waals surface area (Å²) >= 11 is 7.19. The van der Waals surface area contributed by atoms with Crippen LogP contribution < -0.4 is 11.2 Å². The first-order chi connectivity index (χ1) is 12.9. The molecule has 0 spiro atoms. The minimum absolute atomic E-state index is 0.00795. The largest absolute Gasteiger partial charge is 0.455 e. The zero-order chi connectivity index (χ0) is 19.4. The van der Waals surface area contributed by atoms with E-state index in [1.807, 2.05) is 0 Å². The summed E-state index contributed by atoms with van der Waals surface area (Å²) in [6.45, 7) is 0. The van der Waals surface area contributed by atoms with Crippen LogP contribution in [0.1, 0.15) is 10.8 Å². The summed E-state index contributed by atoms with van der Waals surface area (Å²) < 4.78 is 5.56. The van der Waals surface area contributed by atoms with E-state index in [1.54, 1.807) is 12.1 Å². The molecule has 3 N–H and O–H groups in total. The van der Waals surface area contributed by atoms with Crippen molar-refractivity contribution in [3.05, 3.63) is 56.2 Å². The Balaban J connectivity index is 1.63. The van der Waals surface area contributed by atoms with E-state index in [9.17, 15) is 14.9 Å². The van der Waals surface area contributed by atoms with Crippen LogP contribution in [0.2, 0.25) is 5.02 Å². The first-order valence-corrected chi connectivity index (χ1v) is 8.56. The fourth-order valence-corrected chi connectivity index (χ4v) is 2.94. The van der Waals surface area contributed by atoms with E-state index in [2.05, 4.69) is 20.7 Å². The van der Waals surface area contributed by atoms with E-state index in [0.717, 1.165) is 11.3 Å². The van der Waals surface area contributed by atoms with Crippen molar-refractivity contribution in [3.8, 4) is 11.3 Å². The third kappa shape index (κ3) is 4.65. The highest BCUT2D eigenvalue weighted by Crippen LogP contribution is 2.32. The molecule has 0 atom stereocenters. The molecular formula is C15H11ClN6O4S. The number of nitrogen functional groups attached to an aromatic ring is 1. The number of nitrogens with zero attached hydrogens (tertiary/aromatic N) is 4. The van der Waals surface area contributed by atoms with Gasteiger partial charge in [-0.15, -0.1) is 10.2 Å². The van der Waals surface area contributed by atoms with Gasteiger partial charge in [-0.25, -0.2) is 5.43 Å². The molecule has 2 heterocycles. The molecule has 0 radical (unpaired) electrons. The van der Waals surface area contributed by atoms with Crippen LogP contribution in [-0.4, -0.2) is 27.2 Å². The lowest BCUT2D eigenvalue weighted by molar-refractivity contribution is -0.384. The van der Waals surface area contributed by atoms with Crippen LogP contribution in [0.3, 0.4) is 0 Å². The zero-order valence-corrected chi connectivity index (χ0v) is 15.0. The van der Waals surface area contributed by atoms with Crippen LogP contribution in [0.25, 0.3) is 11.3 Å². The zero-order valence-electron chi connectivity index (χ0n) is 13.5. The number of carbonyl (C=O) groups excluding carboxylic acids is 1. The van der Waals surface area contributed by atoms with E-state index < -0.39 is 4.92 Å². The monoisotopic (exact) mass is 406 g/mol. The molecule has 0 aliphatic heterocycles. The summed E-state index contributed by atoms with van der Waals surface area (Å²) in [5, 5.41) is 22.9. The van der Waals surface area contributed by atoms with Gasteiger partial charge in [0.15, 0.2) is 0 Å². The number of benzene rings is 1. The van der Waals surface area contributed by atoms with E-state index in [1.165, 1.54) is 24.4 Å². The third-order valence-electron chi connectivity index (χ3n) is 3.23. The summed E-state index contributed by atoms with van der Waals surface area (Å²) in [6, 6.07) is 7.33. The maximum absolute atomic E-state index is 11.7. The van der Waals surface area contributed by atoms with Crippen molar-refractivity contribution in [1.82, 2.24) is 15.6 Å². The molecule has 0 saturated heterocycles. The summed E-state index contributed by atoms with van der Waals surface area (Å²) in [4.78, 5) is 22.0. The molecule has 0 aliphatic carbocycles. The summed E-state index contributed by atoms with van der Waals surface area (Å²) in [7, 11) is 0. The Bertz CT molecular complexity index is 1030. The molecule has 0 bridgehead atoms. The number of nitro benzene ring substituents is 1. The van der Waals surface area contributed by atoms with Crippen LogP contribution in [0.15, 0.2) is 39.9 Å². The average molecular weight is 407 g/mol. The van der Waals surface area contributed by atoms with Crippen LogP contribution in [0.5, 0.6) is 0 Å². The van der Waals surface area contributed by atoms with Crippen molar-refractivity contribution in [1.29, 1.82) is 0 Å². The SMILES string of the molecule is Nc1nnc(CC(=O)NN=Cc2ccc(-c3ccc([N+](=O)[O-])cc3Cl)o2)s1. The van der Waals surface area contributed by atoms with Gasteiger partial charge in [-0.05, 0) is 18.2 Å². The predicted octanol–water partition coefficient (Wildman–Crippen LogP) is 2.63. The molecule has 0 saturated carbocycles.